The average Bonchev–Trinajstić information content (AvgIpc) is 2.54. The van der Waals surface area contributed by atoms with Crippen molar-refractivity contribution >= 4 is 10.9 Å². The molecule has 0 bridgehead atoms. The molecule has 2 aromatic rings. The normalized spacial score (nSPS) is 18.2. The molecule has 0 spiro atoms. The van der Waals surface area contributed by atoms with Gasteiger partial charge in [-0.3, -0.25) is 4.98 Å². The first-order valence-corrected chi connectivity index (χ1v) is 7.50. The van der Waals surface area contributed by atoms with Gasteiger partial charge in [0.25, 0.3) is 0 Å². The van der Waals surface area contributed by atoms with Crippen LogP contribution in [0.3, 0.4) is 0 Å². The zero-order valence-electron chi connectivity index (χ0n) is 11.8. The Labute approximate surface area is 120 Å². The van der Waals surface area contributed by atoms with E-state index in [-0.39, 0.29) is 5.60 Å². The molecule has 1 aliphatic rings. The second-order valence-electron chi connectivity index (χ2n) is 5.73. The minimum absolute atomic E-state index is 0.116. The zero-order chi connectivity index (χ0) is 13.8. The second-order valence-corrected chi connectivity index (χ2v) is 5.73. The van der Waals surface area contributed by atoms with Gasteiger partial charge in [-0.25, -0.2) is 0 Å². The molecule has 1 saturated carbocycles. The van der Waals surface area contributed by atoms with Crippen molar-refractivity contribution in [3.05, 3.63) is 42.1 Å². The van der Waals surface area contributed by atoms with Crippen molar-refractivity contribution in [1.29, 1.82) is 0 Å². The first-order chi connectivity index (χ1) is 9.83. The summed E-state index contributed by atoms with van der Waals surface area (Å²) >= 11 is 0. The van der Waals surface area contributed by atoms with Crippen LogP contribution < -0.4 is 5.73 Å². The zero-order valence-corrected chi connectivity index (χ0v) is 11.8. The number of hydrogen-bond donors (Lipinski definition) is 1. The van der Waals surface area contributed by atoms with Gasteiger partial charge in [0.05, 0.1) is 17.7 Å². The van der Waals surface area contributed by atoms with Gasteiger partial charge in [-0.05, 0) is 18.9 Å². The molecule has 3 nitrogen and oxygen atoms in total. The highest BCUT2D eigenvalue weighted by molar-refractivity contribution is 5.81. The number of fused-ring (bicyclic) bond motifs is 1. The Hall–Kier alpha value is -1.45. The summed E-state index contributed by atoms with van der Waals surface area (Å²) in [5, 5.41) is 1.17. The molecule has 106 valence electrons. The van der Waals surface area contributed by atoms with Crippen LogP contribution >= 0.6 is 0 Å². The van der Waals surface area contributed by atoms with Gasteiger partial charge in [-0.2, -0.15) is 0 Å². The number of rotatable bonds is 4. The van der Waals surface area contributed by atoms with E-state index in [0.717, 1.165) is 23.9 Å². The van der Waals surface area contributed by atoms with E-state index in [1.54, 1.807) is 0 Å². The molecular formula is C17H22N2O. The lowest BCUT2D eigenvalue weighted by molar-refractivity contribution is -0.0730. The SMILES string of the molecule is NCC1(OCc2cccc3cccnc23)CCCCC1. The van der Waals surface area contributed by atoms with Crippen LogP contribution in [0.1, 0.15) is 37.7 Å². The Balaban J connectivity index is 1.79. The van der Waals surface area contributed by atoms with Gasteiger partial charge in [0.15, 0.2) is 0 Å². The highest BCUT2D eigenvalue weighted by Gasteiger charge is 2.31. The quantitative estimate of drug-likeness (QED) is 0.926. The molecule has 0 unspecified atom stereocenters. The van der Waals surface area contributed by atoms with E-state index in [0.29, 0.717) is 13.2 Å². The number of nitrogens with two attached hydrogens (primary N) is 1. The topological polar surface area (TPSA) is 48.1 Å². The predicted molar refractivity (Wildman–Crippen MR) is 81.4 cm³/mol. The fourth-order valence-electron chi connectivity index (χ4n) is 3.12. The third kappa shape index (κ3) is 2.69. The maximum atomic E-state index is 6.25. The Morgan fingerprint density at radius 2 is 1.90 bits per heavy atom. The maximum absolute atomic E-state index is 6.25. The van der Waals surface area contributed by atoms with Crippen LogP contribution in [-0.4, -0.2) is 17.1 Å². The highest BCUT2D eigenvalue weighted by atomic mass is 16.5. The minimum Gasteiger partial charge on any atom is -0.369 e. The van der Waals surface area contributed by atoms with Gasteiger partial charge in [-0.15, -0.1) is 0 Å². The number of nitrogens with zero attached hydrogens (tertiary/aromatic N) is 1. The van der Waals surface area contributed by atoms with E-state index in [1.807, 2.05) is 12.3 Å². The van der Waals surface area contributed by atoms with Crippen LogP contribution in [0.4, 0.5) is 0 Å². The fraction of sp³-hybridized carbons (Fsp3) is 0.471. The highest BCUT2D eigenvalue weighted by Crippen LogP contribution is 2.32. The first-order valence-electron chi connectivity index (χ1n) is 7.50. The molecule has 20 heavy (non-hydrogen) atoms. The Morgan fingerprint density at radius 1 is 1.10 bits per heavy atom. The first kappa shape index (κ1) is 13.5. The molecular weight excluding hydrogens is 248 g/mol. The molecule has 3 heteroatoms. The van der Waals surface area contributed by atoms with Crippen molar-refractivity contribution < 1.29 is 4.74 Å². The lowest BCUT2D eigenvalue weighted by Gasteiger charge is -2.36. The number of para-hydroxylation sites is 1. The summed E-state index contributed by atoms with van der Waals surface area (Å²) in [5.41, 5.74) is 8.05. The Bertz CT molecular complexity index is 571. The number of hydrogen-bond acceptors (Lipinski definition) is 3. The van der Waals surface area contributed by atoms with Crippen LogP contribution in [0.5, 0.6) is 0 Å². The summed E-state index contributed by atoms with van der Waals surface area (Å²) in [7, 11) is 0. The van der Waals surface area contributed by atoms with Gasteiger partial charge in [0.1, 0.15) is 0 Å². The van der Waals surface area contributed by atoms with Gasteiger partial charge in [0, 0.05) is 23.7 Å². The van der Waals surface area contributed by atoms with E-state index in [4.69, 9.17) is 10.5 Å². The van der Waals surface area contributed by atoms with Crippen molar-refractivity contribution in [3.8, 4) is 0 Å². The summed E-state index contributed by atoms with van der Waals surface area (Å²) in [5.74, 6) is 0. The predicted octanol–water partition coefficient (Wildman–Crippen LogP) is 3.41. The van der Waals surface area contributed by atoms with Crippen molar-refractivity contribution in [2.45, 2.75) is 44.3 Å². The molecule has 2 N–H and O–H groups in total. The Kier molecular flexibility index (Phi) is 3.99. The minimum atomic E-state index is -0.116. The molecule has 1 fully saturated rings. The Morgan fingerprint density at radius 3 is 2.70 bits per heavy atom. The van der Waals surface area contributed by atoms with Gasteiger partial charge >= 0.3 is 0 Å². The molecule has 0 radical (unpaired) electrons. The molecule has 0 saturated heterocycles. The van der Waals surface area contributed by atoms with E-state index < -0.39 is 0 Å². The summed E-state index contributed by atoms with van der Waals surface area (Å²) in [6.45, 7) is 1.22. The number of aromatic nitrogens is 1. The average molecular weight is 270 g/mol. The van der Waals surface area contributed by atoms with Gasteiger partial charge in [-0.1, -0.05) is 43.5 Å². The van der Waals surface area contributed by atoms with Crippen LogP contribution in [0, 0.1) is 0 Å². The number of benzene rings is 1. The van der Waals surface area contributed by atoms with Crippen molar-refractivity contribution in [3.63, 3.8) is 0 Å². The summed E-state index contributed by atoms with van der Waals surface area (Å²) < 4.78 is 6.25. The smallest absolute Gasteiger partial charge is 0.0808 e. The third-order valence-corrected chi connectivity index (χ3v) is 4.39. The monoisotopic (exact) mass is 270 g/mol. The van der Waals surface area contributed by atoms with Gasteiger partial charge in [0.2, 0.25) is 0 Å². The fourth-order valence-corrected chi connectivity index (χ4v) is 3.12. The lowest BCUT2D eigenvalue weighted by atomic mass is 9.84. The second kappa shape index (κ2) is 5.90. The van der Waals surface area contributed by atoms with E-state index in [9.17, 15) is 0 Å². The third-order valence-electron chi connectivity index (χ3n) is 4.39. The molecule has 1 aliphatic carbocycles. The largest absolute Gasteiger partial charge is 0.369 e. The van der Waals surface area contributed by atoms with E-state index in [2.05, 4.69) is 29.2 Å². The van der Waals surface area contributed by atoms with Crippen LogP contribution in [0.25, 0.3) is 10.9 Å². The standard InChI is InChI=1S/C17H22N2O/c18-13-17(9-2-1-3-10-17)20-12-15-7-4-6-14-8-5-11-19-16(14)15/h4-8,11H,1-3,9-10,12-13,18H2. The molecule has 0 amide bonds. The maximum Gasteiger partial charge on any atom is 0.0808 e. The van der Waals surface area contributed by atoms with Crippen LogP contribution in [0.15, 0.2) is 36.5 Å². The van der Waals surface area contributed by atoms with Crippen molar-refractivity contribution in [2.75, 3.05) is 6.54 Å². The van der Waals surface area contributed by atoms with E-state index in [1.165, 1.54) is 24.6 Å². The van der Waals surface area contributed by atoms with Crippen LogP contribution in [-0.2, 0) is 11.3 Å². The summed E-state index contributed by atoms with van der Waals surface area (Å²) in [4.78, 5) is 4.48. The molecule has 1 heterocycles. The molecule has 3 rings (SSSR count). The van der Waals surface area contributed by atoms with Crippen molar-refractivity contribution in [1.82, 2.24) is 4.98 Å². The summed E-state index contributed by atoms with van der Waals surface area (Å²) in [6, 6.07) is 10.3. The van der Waals surface area contributed by atoms with E-state index >= 15 is 0 Å². The molecule has 1 aromatic heterocycles. The molecule has 0 aliphatic heterocycles. The lowest BCUT2D eigenvalue weighted by Crippen LogP contribution is -2.42. The van der Waals surface area contributed by atoms with Crippen molar-refractivity contribution in [2.24, 2.45) is 5.73 Å². The van der Waals surface area contributed by atoms with Crippen LogP contribution in [0.2, 0.25) is 0 Å². The van der Waals surface area contributed by atoms with Gasteiger partial charge < -0.3 is 10.5 Å². The number of pyridine rings is 1. The molecule has 1 aromatic carbocycles. The summed E-state index contributed by atoms with van der Waals surface area (Å²) in [6.07, 6.45) is 7.77. The number of ether oxygens (including phenoxy) is 1. The molecule has 0 atom stereocenters.